The van der Waals surface area contributed by atoms with Crippen LogP contribution in [0.5, 0.6) is 0 Å². The van der Waals surface area contributed by atoms with Crippen molar-refractivity contribution in [3.05, 3.63) is 11.1 Å². The first-order valence-electron chi connectivity index (χ1n) is 4.44. The van der Waals surface area contributed by atoms with Crippen molar-refractivity contribution in [1.29, 1.82) is 0 Å². The van der Waals surface area contributed by atoms with Crippen molar-refractivity contribution >= 4 is 0 Å². The zero-order chi connectivity index (χ0) is 9.35. The van der Waals surface area contributed by atoms with E-state index in [4.69, 9.17) is 10.2 Å². The molecule has 0 amide bonds. The summed E-state index contributed by atoms with van der Waals surface area (Å²) in [6.45, 7) is 6.63. The largest absolute Gasteiger partial charge is 0.396 e. The van der Waals surface area contributed by atoms with Crippen LogP contribution in [0.15, 0.2) is 11.1 Å². The summed E-state index contributed by atoms with van der Waals surface area (Å²) in [6, 6.07) is 0. The van der Waals surface area contributed by atoms with Gasteiger partial charge in [0.15, 0.2) is 0 Å². The summed E-state index contributed by atoms with van der Waals surface area (Å²) in [6.07, 6.45) is 0.954. The van der Waals surface area contributed by atoms with E-state index >= 15 is 0 Å². The zero-order valence-corrected chi connectivity index (χ0v) is 8.09. The molecule has 1 aliphatic carbocycles. The topological polar surface area (TPSA) is 40.5 Å². The van der Waals surface area contributed by atoms with Crippen LogP contribution in [0.2, 0.25) is 0 Å². The van der Waals surface area contributed by atoms with Crippen molar-refractivity contribution in [3.8, 4) is 0 Å². The third kappa shape index (κ3) is 1.29. The molecule has 12 heavy (non-hydrogen) atoms. The van der Waals surface area contributed by atoms with Gasteiger partial charge in [-0.1, -0.05) is 19.4 Å². The lowest BCUT2D eigenvalue weighted by atomic mass is 9.58. The molecule has 0 radical (unpaired) electrons. The maximum absolute atomic E-state index is 9.01. The van der Waals surface area contributed by atoms with Crippen LogP contribution in [-0.2, 0) is 0 Å². The van der Waals surface area contributed by atoms with Crippen LogP contribution in [-0.4, -0.2) is 23.4 Å². The monoisotopic (exact) mass is 170 g/mol. The van der Waals surface area contributed by atoms with Crippen LogP contribution in [0.4, 0.5) is 0 Å². The average molecular weight is 170 g/mol. The molecule has 0 heterocycles. The van der Waals surface area contributed by atoms with E-state index in [9.17, 15) is 0 Å². The van der Waals surface area contributed by atoms with Crippen molar-refractivity contribution in [1.82, 2.24) is 0 Å². The highest BCUT2D eigenvalue weighted by Gasteiger charge is 2.43. The van der Waals surface area contributed by atoms with E-state index in [1.54, 1.807) is 0 Å². The first kappa shape index (κ1) is 9.75. The first-order valence-corrected chi connectivity index (χ1v) is 4.44. The number of aliphatic hydroxyl groups is 2. The van der Waals surface area contributed by atoms with Gasteiger partial charge in [0.05, 0.1) is 6.61 Å². The lowest BCUT2D eigenvalue weighted by molar-refractivity contribution is 0.0817. The van der Waals surface area contributed by atoms with Gasteiger partial charge >= 0.3 is 0 Å². The number of allylic oxidation sites excluding steroid dienone is 1. The van der Waals surface area contributed by atoms with Crippen molar-refractivity contribution in [3.63, 3.8) is 0 Å². The van der Waals surface area contributed by atoms with E-state index in [0.717, 1.165) is 12.0 Å². The van der Waals surface area contributed by atoms with Crippen LogP contribution in [0.3, 0.4) is 0 Å². The molecule has 0 saturated heterocycles. The van der Waals surface area contributed by atoms with E-state index in [1.165, 1.54) is 5.57 Å². The fourth-order valence-corrected chi connectivity index (χ4v) is 1.99. The van der Waals surface area contributed by atoms with Gasteiger partial charge in [-0.25, -0.2) is 0 Å². The molecule has 2 heteroatoms. The van der Waals surface area contributed by atoms with Gasteiger partial charge in [-0.15, -0.1) is 0 Å². The molecule has 0 aromatic carbocycles. The molecule has 0 spiro atoms. The van der Waals surface area contributed by atoms with Crippen molar-refractivity contribution in [2.45, 2.75) is 27.2 Å². The van der Waals surface area contributed by atoms with Gasteiger partial charge in [-0.2, -0.15) is 0 Å². The molecule has 0 aliphatic heterocycles. The minimum Gasteiger partial charge on any atom is -0.396 e. The number of hydrogen-bond acceptors (Lipinski definition) is 2. The molecular formula is C10H18O2. The highest BCUT2D eigenvalue weighted by molar-refractivity contribution is 5.29. The Morgan fingerprint density at radius 2 is 2.08 bits per heavy atom. The smallest absolute Gasteiger partial charge is 0.0641 e. The van der Waals surface area contributed by atoms with Crippen LogP contribution >= 0.6 is 0 Å². The molecule has 2 nitrogen and oxygen atoms in total. The molecule has 70 valence electrons. The Morgan fingerprint density at radius 1 is 1.50 bits per heavy atom. The number of rotatable bonds is 2. The van der Waals surface area contributed by atoms with Crippen molar-refractivity contribution in [2.24, 2.45) is 11.3 Å². The fourth-order valence-electron chi connectivity index (χ4n) is 1.99. The Balaban J connectivity index is 2.77. The zero-order valence-electron chi connectivity index (χ0n) is 8.09. The summed E-state index contributed by atoms with van der Waals surface area (Å²) in [4.78, 5) is 0. The Morgan fingerprint density at radius 3 is 2.42 bits per heavy atom. The van der Waals surface area contributed by atoms with Gasteiger partial charge in [0.1, 0.15) is 0 Å². The summed E-state index contributed by atoms with van der Waals surface area (Å²) in [5.41, 5.74) is 2.50. The molecule has 2 N–H and O–H groups in total. The average Bonchev–Trinajstić information content (AvgIpc) is 2.03. The molecule has 1 rings (SSSR count). The van der Waals surface area contributed by atoms with Gasteiger partial charge in [0.25, 0.3) is 0 Å². The summed E-state index contributed by atoms with van der Waals surface area (Å²) in [7, 11) is 0. The second-order valence-electron chi connectivity index (χ2n) is 4.22. The quantitative estimate of drug-likeness (QED) is 0.614. The van der Waals surface area contributed by atoms with Crippen LogP contribution < -0.4 is 0 Å². The standard InChI is InChI=1S/C10H18O2/c1-7(5-11)9-4-8(6-12)10(9,2)3/h8,11-12H,4-6H2,1-3H3. The number of hydrogen-bond donors (Lipinski definition) is 2. The lowest BCUT2D eigenvalue weighted by Crippen LogP contribution is -2.41. The van der Waals surface area contributed by atoms with Gasteiger partial charge < -0.3 is 10.2 Å². The Bertz CT molecular complexity index is 204. The van der Waals surface area contributed by atoms with Crippen LogP contribution in [0.1, 0.15) is 27.2 Å². The summed E-state index contributed by atoms with van der Waals surface area (Å²) in [5.74, 6) is 0.383. The third-order valence-electron chi connectivity index (χ3n) is 3.22. The van der Waals surface area contributed by atoms with E-state index in [2.05, 4.69) is 13.8 Å². The molecule has 0 aromatic rings. The van der Waals surface area contributed by atoms with E-state index < -0.39 is 0 Å². The van der Waals surface area contributed by atoms with Crippen LogP contribution in [0.25, 0.3) is 0 Å². The van der Waals surface area contributed by atoms with E-state index in [-0.39, 0.29) is 18.6 Å². The van der Waals surface area contributed by atoms with E-state index in [0.29, 0.717) is 5.92 Å². The van der Waals surface area contributed by atoms with Crippen molar-refractivity contribution < 1.29 is 10.2 Å². The number of aliphatic hydroxyl groups excluding tert-OH is 2. The molecule has 1 saturated carbocycles. The maximum atomic E-state index is 9.01. The highest BCUT2D eigenvalue weighted by atomic mass is 16.3. The molecule has 1 fully saturated rings. The van der Waals surface area contributed by atoms with Gasteiger partial charge in [0, 0.05) is 6.61 Å². The first-order chi connectivity index (χ1) is 5.54. The normalized spacial score (nSPS) is 31.2. The Labute approximate surface area is 73.9 Å². The summed E-state index contributed by atoms with van der Waals surface area (Å²) >= 11 is 0. The maximum Gasteiger partial charge on any atom is 0.0641 e. The highest BCUT2D eigenvalue weighted by Crippen LogP contribution is 2.51. The predicted octanol–water partition coefficient (Wildman–Crippen LogP) is 1.33. The Hall–Kier alpha value is -0.340. The van der Waals surface area contributed by atoms with Gasteiger partial charge in [-0.3, -0.25) is 0 Å². The minimum absolute atomic E-state index is 0.0988. The van der Waals surface area contributed by atoms with Gasteiger partial charge in [0.2, 0.25) is 0 Å². The molecule has 1 atom stereocenters. The minimum atomic E-state index is 0.0988. The van der Waals surface area contributed by atoms with E-state index in [1.807, 2.05) is 6.92 Å². The second-order valence-corrected chi connectivity index (χ2v) is 4.22. The lowest BCUT2D eigenvalue weighted by Gasteiger charge is -2.48. The SMILES string of the molecule is CC(CO)=C1CC(CO)C1(C)C. The molecule has 1 aliphatic rings. The predicted molar refractivity (Wildman–Crippen MR) is 48.8 cm³/mol. The van der Waals surface area contributed by atoms with Crippen LogP contribution in [0, 0.1) is 11.3 Å². The molecule has 0 aromatic heterocycles. The fraction of sp³-hybridized carbons (Fsp3) is 0.800. The molecule has 1 unspecified atom stereocenters. The molecular weight excluding hydrogens is 152 g/mol. The Kier molecular flexibility index (Phi) is 2.59. The van der Waals surface area contributed by atoms with Gasteiger partial charge in [-0.05, 0) is 30.3 Å². The second kappa shape index (κ2) is 3.19. The molecule has 0 bridgehead atoms. The van der Waals surface area contributed by atoms with Crippen molar-refractivity contribution in [2.75, 3.05) is 13.2 Å². The summed E-state index contributed by atoms with van der Waals surface area (Å²) < 4.78 is 0. The third-order valence-corrected chi connectivity index (χ3v) is 3.22. The summed E-state index contributed by atoms with van der Waals surface area (Å²) in [5, 5.41) is 17.9.